The van der Waals surface area contributed by atoms with Gasteiger partial charge in [-0.15, -0.1) is 0 Å². The zero-order valence-corrected chi connectivity index (χ0v) is 11.9. The molecule has 0 aromatic heterocycles. The highest BCUT2D eigenvalue weighted by Gasteiger charge is 2.10. The molecule has 0 atom stereocenters. The van der Waals surface area contributed by atoms with E-state index in [0.29, 0.717) is 31.1 Å². The van der Waals surface area contributed by atoms with Crippen molar-refractivity contribution in [1.82, 2.24) is 10.2 Å². The molecule has 5 heteroatoms. The Hall–Kier alpha value is -1.75. The van der Waals surface area contributed by atoms with Crippen LogP contribution in [-0.4, -0.2) is 37.6 Å². The van der Waals surface area contributed by atoms with Crippen LogP contribution >= 0.6 is 0 Å². The van der Waals surface area contributed by atoms with Crippen LogP contribution in [0, 0.1) is 0 Å². The van der Waals surface area contributed by atoms with Gasteiger partial charge in [0.15, 0.2) is 0 Å². The van der Waals surface area contributed by atoms with E-state index in [0.717, 1.165) is 12.1 Å². The Bertz CT molecular complexity index is 421. The molecule has 0 unspecified atom stereocenters. The summed E-state index contributed by atoms with van der Waals surface area (Å²) < 4.78 is 5.13. The second-order valence-corrected chi connectivity index (χ2v) is 4.33. The fourth-order valence-corrected chi connectivity index (χ4v) is 1.88. The van der Waals surface area contributed by atoms with Crippen LogP contribution in [-0.2, 0) is 11.3 Å². The molecule has 1 amide bonds. The number of hydrogen-bond donors (Lipinski definition) is 2. The number of benzene rings is 1. The molecule has 1 aromatic carbocycles. The Balaban J connectivity index is 2.65. The molecule has 0 fully saturated rings. The van der Waals surface area contributed by atoms with Gasteiger partial charge in [-0.05, 0) is 31.2 Å². The summed E-state index contributed by atoms with van der Waals surface area (Å²) in [4.78, 5) is 13.6. The topological polar surface area (TPSA) is 67.6 Å². The van der Waals surface area contributed by atoms with Crippen LogP contribution < -0.4 is 15.8 Å². The van der Waals surface area contributed by atoms with Crippen molar-refractivity contribution >= 4 is 11.6 Å². The summed E-state index contributed by atoms with van der Waals surface area (Å²) in [7, 11) is 1.60. The van der Waals surface area contributed by atoms with E-state index in [1.165, 1.54) is 0 Å². The van der Waals surface area contributed by atoms with Gasteiger partial charge in [0.2, 0.25) is 5.91 Å². The van der Waals surface area contributed by atoms with Crippen LogP contribution in [0.25, 0.3) is 0 Å². The van der Waals surface area contributed by atoms with Gasteiger partial charge in [0.05, 0.1) is 19.3 Å². The lowest BCUT2D eigenvalue weighted by molar-refractivity contribution is -0.122. The second-order valence-electron chi connectivity index (χ2n) is 4.33. The van der Waals surface area contributed by atoms with Crippen LogP contribution in [0.5, 0.6) is 5.75 Å². The van der Waals surface area contributed by atoms with Crippen molar-refractivity contribution in [1.29, 1.82) is 0 Å². The van der Waals surface area contributed by atoms with Crippen molar-refractivity contribution in [3.8, 4) is 5.75 Å². The molecule has 19 heavy (non-hydrogen) atoms. The third-order valence-electron chi connectivity index (χ3n) is 2.89. The Kier molecular flexibility index (Phi) is 6.15. The van der Waals surface area contributed by atoms with Crippen molar-refractivity contribution in [3.63, 3.8) is 0 Å². The maximum atomic E-state index is 11.6. The van der Waals surface area contributed by atoms with Gasteiger partial charge >= 0.3 is 0 Å². The predicted octanol–water partition coefficient (Wildman–Crippen LogP) is 1.24. The number of carbonyl (C=O) groups is 1. The Morgan fingerprint density at radius 1 is 1.42 bits per heavy atom. The number of hydrogen-bond acceptors (Lipinski definition) is 4. The molecule has 0 aliphatic carbocycles. The minimum absolute atomic E-state index is 0.0471. The highest BCUT2D eigenvalue weighted by Crippen LogP contribution is 2.22. The second kappa shape index (κ2) is 7.63. The minimum atomic E-state index is 0.0471. The van der Waals surface area contributed by atoms with Gasteiger partial charge in [-0.1, -0.05) is 13.0 Å². The lowest BCUT2D eigenvalue weighted by Gasteiger charge is -2.20. The highest BCUT2D eigenvalue weighted by molar-refractivity contribution is 5.77. The van der Waals surface area contributed by atoms with Crippen LogP contribution in [0.2, 0.25) is 0 Å². The molecular weight excluding hydrogens is 242 g/mol. The van der Waals surface area contributed by atoms with Crippen molar-refractivity contribution in [2.24, 2.45) is 0 Å². The van der Waals surface area contributed by atoms with Gasteiger partial charge in [-0.25, -0.2) is 0 Å². The van der Waals surface area contributed by atoms with Crippen LogP contribution in [0.3, 0.4) is 0 Å². The predicted molar refractivity (Wildman–Crippen MR) is 77.0 cm³/mol. The van der Waals surface area contributed by atoms with Crippen LogP contribution in [0.1, 0.15) is 19.4 Å². The van der Waals surface area contributed by atoms with E-state index < -0.39 is 0 Å². The first kappa shape index (κ1) is 15.3. The Labute approximate surface area is 114 Å². The maximum absolute atomic E-state index is 11.6. The number of nitrogen functional groups attached to an aromatic ring is 1. The molecule has 1 rings (SSSR count). The number of nitrogens with two attached hydrogens (primary N) is 1. The van der Waals surface area contributed by atoms with Gasteiger partial charge in [0, 0.05) is 13.1 Å². The normalized spacial score (nSPS) is 10.5. The van der Waals surface area contributed by atoms with E-state index in [9.17, 15) is 4.79 Å². The molecule has 0 spiro atoms. The van der Waals surface area contributed by atoms with Gasteiger partial charge in [0.1, 0.15) is 5.75 Å². The van der Waals surface area contributed by atoms with E-state index in [1.807, 2.05) is 32.0 Å². The number of amides is 1. The molecule has 0 saturated heterocycles. The van der Waals surface area contributed by atoms with E-state index in [4.69, 9.17) is 10.5 Å². The smallest absolute Gasteiger partial charge is 0.234 e. The van der Waals surface area contributed by atoms with Gasteiger partial charge in [-0.2, -0.15) is 0 Å². The Morgan fingerprint density at radius 2 is 2.16 bits per heavy atom. The average Bonchev–Trinajstić information content (AvgIpc) is 2.38. The molecule has 0 saturated carbocycles. The fourth-order valence-electron chi connectivity index (χ4n) is 1.88. The number of ether oxygens (including phenoxy) is 1. The van der Waals surface area contributed by atoms with E-state index >= 15 is 0 Å². The highest BCUT2D eigenvalue weighted by atomic mass is 16.5. The standard InChI is InChI=1S/C14H23N3O2/c1-4-16-14(18)10-17(5-2)9-11-6-7-13(19-3)12(15)8-11/h6-8H,4-5,9-10,15H2,1-3H3,(H,16,18). The van der Waals surface area contributed by atoms with Crippen molar-refractivity contribution in [3.05, 3.63) is 23.8 Å². The number of rotatable bonds is 7. The maximum Gasteiger partial charge on any atom is 0.234 e. The average molecular weight is 265 g/mol. The van der Waals surface area contributed by atoms with Gasteiger partial charge in [-0.3, -0.25) is 9.69 Å². The van der Waals surface area contributed by atoms with Crippen molar-refractivity contribution < 1.29 is 9.53 Å². The number of methoxy groups -OCH3 is 1. The van der Waals surface area contributed by atoms with Crippen molar-refractivity contribution in [2.75, 3.05) is 32.5 Å². The number of nitrogens with one attached hydrogen (secondary N) is 1. The van der Waals surface area contributed by atoms with Crippen molar-refractivity contribution in [2.45, 2.75) is 20.4 Å². The summed E-state index contributed by atoms with van der Waals surface area (Å²) in [5.41, 5.74) is 7.57. The number of likely N-dealkylation sites (N-methyl/N-ethyl adjacent to an activating group) is 2. The molecular formula is C14H23N3O2. The van der Waals surface area contributed by atoms with Gasteiger partial charge in [0.25, 0.3) is 0 Å². The lowest BCUT2D eigenvalue weighted by Crippen LogP contribution is -2.36. The zero-order valence-electron chi connectivity index (χ0n) is 11.9. The quantitative estimate of drug-likeness (QED) is 0.728. The number of nitrogens with zero attached hydrogens (tertiary/aromatic N) is 1. The van der Waals surface area contributed by atoms with E-state index in [1.54, 1.807) is 7.11 Å². The fraction of sp³-hybridized carbons (Fsp3) is 0.500. The largest absolute Gasteiger partial charge is 0.495 e. The molecule has 5 nitrogen and oxygen atoms in total. The first-order valence-corrected chi connectivity index (χ1v) is 6.52. The summed E-state index contributed by atoms with van der Waals surface area (Å²) in [6.45, 7) is 6.51. The number of anilines is 1. The molecule has 106 valence electrons. The molecule has 3 N–H and O–H groups in total. The molecule has 0 heterocycles. The van der Waals surface area contributed by atoms with Gasteiger partial charge < -0.3 is 15.8 Å². The third kappa shape index (κ3) is 4.79. The summed E-state index contributed by atoms with van der Waals surface area (Å²) in [6.07, 6.45) is 0. The minimum Gasteiger partial charge on any atom is -0.495 e. The molecule has 1 aromatic rings. The summed E-state index contributed by atoms with van der Waals surface area (Å²) >= 11 is 0. The first-order chi connectivity index (χ1) is 9.10. The molecule has 0 aliphatic heterocycles. The lowest BCUT2D eigenvalue weighted by atomic mass is 10.1. The van der Waals surface area contributed by atoms with E-state index in [2.05, 4.69) is 10.2 Å². The Morgan fingerprint density at radius 3 is 2.68 bits per heavy atom. The SMILES string of the molecule is CCNC(=O)CN(CC)Cc1ccc(OC)c(N)c1. The monoisotopic (exact) mass is 265 g/mol. The third-order valence-corrected chi connectivity index (χ3v) is 2.89. The van der Waals surface area contributed by atoms with Crippen LogP contribution in [0.15, 0.2) is 18.2 Å². The number of carbonyl (C=O) groups excluding carboxylic acids is 1. The summed E-state index contributed by atoms with van der Waals surface area (Å²) in [5.74, 6) is 0.723. The molecule has 0 radical (unpaired) electrons. The zero-order chi connectivity index (χ0) is 14.3. The molecule has 0 bridgehead atoms. The molecule has 0 aliphatic rings. The summed E-state index contributed by atoms with van der Waals surface area (Å²) in [5, 5.41) is 2.80. The van der Waals surface area contributed by atoms with E-state index in [-0.39, 0.29) is 5.91 Å². The van der Waals surface area contributed by atoms with Crippen LogP contribution in [0.4, 0.5) is 5.69 Å². The summed E-state index contributed by atoms with van der Waals surface area (Å²) in [6, 6.07) is 5.71. The first-order valence-electron chi connectivity index (χ1n) is 6.52.